The van der Waals surface area contributed by atoms with Crippen molar-refractivity contribution in [1.29, 1.82) is 0 Å². The summed E-state index contributed by atoms with van der Waals surface area (Å²) in [6.07, 6.45) is 12.5. The number of amides is 1. The third-order valence-corrected chi connectivity index (χ3v) is 4.10. The summed E-state index contributed by atoms with van der Waals surface area (Å²) in [6, 6.07) is 2.07. The summed E-state index contributed by atoms with van der Waals surface area (Å²) in [5.74, 6) is 0.235. The van der Waals surface area contributed by atoms with Crippen molar-refractivity contribution in [2.45, 2.75) is 19.3 Å². The minimum atomic E-state index is 0.235. The molecule has 0 bridgehead atoms. The number of carbonyl (C=O) groups is 1. The summed E-state index contributed by atoms with van der Waals surface area (Å²) in [6.45, 7) is 1.51. The van der Waals surface area contributed by atoms with Crippen LogP contribution in [0.4, 0.5) is 0 Å². The van der Waals surface area contributed by atoms with E-state index in [1.54, 1.807) is 4.68 Å². The van der Waals surface area contributed by atoms with Gasteiger partial charge in [0.2, 0.25) is 5.91 Å². The number of aryl methyl sites for hydroxylation is 3. The van der Waals surface area contributed by atoms with E-state index in [9.17, 15) is 4.79 Å². The van der Waals surface area contributed by atoms with Crippen molar-refractivity contribution in [3.05, 3.63) is 48.1 Å². The Morgan fingerprint density at radius 2 is 2.18 bits per heavy atom. The largest absolute Gasteiger partial charge is 0.357 e. The third kappa shape index (κ3) is 3.30. The zero-order valence-corrected chi connectivity index (χ0v) is 13.2. The second kappa shape index (κ2) is 6.22. The maximum absolute atomic E-state index is 12.4. The van der Waals surface area contributed by atoms with E-state index in [1.165, 1.54) is 11.1 Å². The Kier molecular flexibility index (Phi) is 4.13. The molecular weight excluding hydrogens is 276 g/mol. The lowest BCUT2D eigenvalue weighted by Crippen LogP contribution is -2.35. The third-order valence-electron chi connectivity index (χ3n) is 4.10. The quantitative estimate of drug-likeness (QED) is 0.866. The number of hydrogen-bond donors (Lipinski definition) is 0. The fourth-order valence-corrected chi connectivity index (χ4v) is 2.87. The van der Waals surface area contributed by atoms with Gasteiger partial charge in [0.1, 0.15) is 0 Å². The summed E-state index contributed by atoms with van der Waals surface area (Å²) >= 11 is 0. The first-order valence-electron chi connectivity index (χ1n) is 7.68. The lowest BCUT2D eigenvalue weighted by molar-refractivity contribution is -0.130. The van der Waals surface area contributed by atoms with Crippen molar-refractivity contribution in [2.75, 3.05) is 13.1 Å². The lowest BCUT2D eigenvalue weighted by Gasteiger charge is -2.27. The molecule has 0 N–H and O–H groups in total. The van der Waals surface area contributed by atoms with Crippen molar-refractivity contribution >= 4 is 11.5 Å². The summed E-state index contributed by atoms with van der Waals surface area (Å²) < 4.78 is 3.82. The first-order valence-corrected chi connectivity index (χ1v) is 7.68. The smallest absolute Gasteiger partial charge is 0.223 e. The average Bonchev–Trinajstić information content (AvgIpc) is 3.13. The highest BCUT2D eigenvalue weighted by molar-refractivity contribution is 5.80. The molecule has 5 nitrogen and oxygen atoms in total. The van der Waals surface area contributed by atoms with Gasteiger partial charge < -0.3 is 9.47 Å². The highest BCUT2D eigenvalue weighted by atomic mass is 16.2. The van der Waals surface area contributed by atoms with Crippen molar-refractivity contribution in [3.63, 3.8) is 0 Å². The SMILES string of the molecule is Cn1ccc(CCC(=O)N2CCC=C(c3cnn(C)c3)C2)c1. The van der Waals surface area contributed by atoms with Gasteiger partial charge in [0.05, 0.1) is 6.20 Å². The van der Waals surface area contributed by atoms with Crippen molar-refractivity contribution in [2.24, 2.45) is 14.1 Å². The molecule has 0 atom stereocenters. The molecular formula is C17H22N4O. The van der Waals surface area contributed by atoms with Crippen LogP contribution in [0.25, 0.3) is 5.57 Å². The van der Waals surface area contributed by atoms with Crippen LogP contribution in [-0.4, -0.2) is 38.2 Å². The normalized spacial score (nSPS) is 15.0. The maximum atomic E-state index is 12.4. The highest BCUT2D eigenvalue weighted by Gasteiger charge is 2.19. The van der Waals surface area contributed by atoms with Crippen molar-refractivity contribution in [3.8, 4) is 0 Å². The van der Waals surface area contributed by atoms with Gasteiger partial charge in [-0.1, -0.05) is 6.08 Å². The Labute approximate surface area is 130 Å². The van der Waals surface area contributed by atoms with E-state index in [1.807, 2.05) is 42.2 Å². The summed E-state index contributed by atoms with van der Waals surface area (Å²) in [7, 11) is 3.91. The summed E-state index contributed by atoms with van der Waals surface area (Å²) in [5.41, 5.74) is 3.53. The Morgan fingerprint density at radius 1 is 1.32 bits per heavy atom. The first-order chi connectivity index (χ1) is 10.6. The molecule has 1 aliphatic heterocycles. The molecule has 1 aliphatic rings. The fraction of sp³-hybridized carbons (Fsp3) is 0.412. The van der Waals surface area contributed by atoms with Gasteiger partial charge in [0.15, 0.2) is 0 Å². The van der Waals surface area contributed by atoms with Crippen LogP contribution in [0.5, 0.6) is 0 Å². The van der Waals surface area contributed by atoms with Gasteiger partial charge in [0, 0.05) is 57.8 Å². The number of nitrogens with zero attached hydrogens (tertiary/aromatic N) is 4. The number of hydrogen-bond acceptors (Lipinski definition) is 2. The van der Waals surface area contributed by atoms with Crippen LogP contribution >= 0.6 is 0 Å². The van der Waals surface area contributed by atoms with Gasteiger partial charge in [-0.25, -0.2) is 0 Å². The number of aromatic nitrogens is 3. The molecule has 22 heavy (non-hydrogen) atoms. The molecule has 116 valence electrons. The molecule has 0 saturated heterocycles. The van der Waals surface area contributed by atoms with E-state index < -0.39 is 0 Å². The summed E-state index contributed by atoms with van der Waals surface area (Å²) in [4.78, 5) is 14.4. The molecule has 0 aliphatic carbocycles. The van der Waals surface area contributed by atoms with E-state index in [4.69, 9.17) is 0 Å². The molecule has 0 fully saturated rings. The van der Waals surface area contributed by atoms with E-state index >= 15 is 0 Å². The molecule has 3 heterocycles. The van der Waals surface area contributed by atoms with Gasteiger partial charge in [-0.2, -0.15) is 5.10 Å². The topological polar surface area (TPSA) is 43.1 Å². The van der Waals surface area contributed by atoms with E-state index in [-0.39, 0.29) is 5.91 Å². The Hall–Kier alpha value is -2.30. The van der Waals surface area contributed by atoms with Gasteiger partial charge in [-0.05, 0) is 30.0 Å². The standard InChI is InChI=1S/C17H22N4O/c1-19-9-7-14(11-19)5-6-17(22)21-8-3-4-15(13-21)16-10-18-20(2)12-16/h4,7,9-12H,3,5-6,8,13H2,1-2H3. The minimum Gasteiger partial charge on any atom is -0.357 e. The lowest BCUT2D eigenvalue weighted by atomic mass is 10.0. The maximum Gasteiger partial charge on any atom is 0.223 e. The number of carbonyl (C=O) groups excluding carboxylic acids is 1. The molecule has 0 saturated carbocycles. The minimum absolute atomic E-state index is 0.235. The van der Waals surface area contributed by atoms with Crippen LogP contribution in [0.1, 0.15) is 24.0 Å². The van der Waals surface area contributed by atoms with Crippen LogP contribution in [0, 0.1) is 0 Å². The molecule has 2 aromatic rings. The van der Waals surface area contributed by atoms with Crippen LogP contribution in [0.3, 0.4) is 0 Å². The van der Waals surface area contributed by atoms with Gasteiger partial charge in [0.25, 0.3) is 0 Å². The molecule has 5 heteroatoms. The zero-order valence-electron chi connectivity index (χ0n) is 13.2. The first kappa shape index (κ1) is 14.6. The predicted molar refractivity (Wildman–Crippen MR) is 86.1 cm³/mol. The molecule has 1 amide bonds. The van der Waals surface area contributed by atoms with E-state index in [2.05, 4.69) is 23.4 Å². The van der Waals surface area contributed by atoms with Crippen molar-refractivity contribution < 1.29 is 4.79 Å². The van der Waals surface area contributed by atoms with Crippen LogP contribution < -0.4 is 0 Å². The predicted octanol–water partition coefficient (Wildman–Crippen LogP) is 2.01. The highest BCUT2D eigenvalue weighted by Crippen LogP contribution is 2.21. The van der Waals surface area contributed by atoms with Crippen LogP contribution in [0.15, 0.2) is 36.9 Å². The van der Waals surface area contributed by atoms with Gasteiger partial charge in [-0.15, -0.1) is 0 Å². The Bertz CT molecular complexity index is 695. The average molecular weight is 298 g/mol. The second-order valence-corrected chi connectivity index (χ2v) is 5.92. The molecule has 0 aromatic carbocycles. The van der Waals surface area contributed by atoms with E-state index in [0.29, 0.717) is 13.0 Å². The molecule has 3 rings (SSSR count). The molecule has 0 unspecified atom stereocenters. The van der Waals surface area contributed by atoms with E-state index in [0.717, 1.165) is 24.9 Å². The number of rotatable bonds is 4. The van der Waals surface area contributed by atoms with Crippen LogP contribution in [-0.2, 0) is 25.3 Å². The molecule has 0 radical (unpaired) electrons. The Morgan fingerprint density at radius 3 is 2.86 bits per heavy atom. The van der Waals surface area contributed by atoms with Crippen LogP contribution in [0.2, 0.25) is 0 Å². The van der Waals surface area contributed by atoms with Gasteiger partial charge in [-0.3, -0.25) is 9.48 Å². The van der Waals surface area contributed by atoms with Crippen molar-refractivity contribution in [1.82, 2.24) is 19.2 Å². The Balaban J connectivity index is 1.58. The summed E-state index contributed by atoms with van der Waals surface area (Å²) in [5, 5.41) is 4.21. The van der Waals surface area contributed by atoms with Gasteiger partial charge >= 0.3 is 0 Å². The molecule has 2 aromatic heterocycles. The fourth-order valence-electron chi connectivity index (χ4n) is 2.87. The monoisotopic (exact) mass is 298 g/mol. The molecule has 0 spiro atoms. The zero-order chi connectivity index (χ0) is 15.5. The second-order valence-electron chi connectivity index (χ2n) is 5.92.